The van der Waals surface area contributed by atoms with Crippen LogP contribution in [-0.2, 0) is 9.53 Å². The molecule has 1 aliphatic rings. The van der Waals surface area contributed by atoms with Crippen LogP contribution in [-0.4, -0.2) is 37.3 Å². The molecule has 1 unspecified atom stereocenters. The summed E-state index contributed by atoms with van der Waals surface area (Å²) in [6, 6.07) is 9.98. The molecule has 1 amide bonds. The number of hydrogen-bond acceptors (Lipinski definition) is 5. The summed E-state index contributed by atoms with van der Waals surface area (Å²) in [6.07, 6.45) is 0.564. The van der Waals surface area contributed by atoms with Gasteiger partial charge in [-0.25, -0.2) is 0 Å². The lowest BCUT2D eigenvalue weighted by molar-refractivity contribution is -0.136. The number of nitrogens with one attached hydrogen (secondary N) is 1. The first-order chi connectivity index (χ1) is 11.1. The fraction of sp³-hybridized carbons (Fsp3) is 0.471. The van der Waals surface area contributed by atoms with E-state index in [1.807, 2.05) is 30.3 Å². The van der Waals surface area contributed by atoms with Crippen LogP contribution in [0.15, 0.2) is 30.3 Å². The molecular weight excluding hydrogens is 348 g/mol. The summed E-state index contributed by atoms with van der Waals surface area (Å²) < 4.78 is 6.46. The van der Waals surface area contributed by atoms with Crippen molar-refractivity contribution in [2.24, 2.45) is 11.1 Å². The zero-order chi connectivity index (χ0) is 16.3. The molecule has 1 fully saturated rings. The molecule has 1 aliphatic heterocycles. The van der Waals surface area contributed by atoms with Crippen LogP contribution in [0.25, 0.3) is 10.1 Å². The number of halogens is 1. The number of thiophene rings is 1. The third-order valence-electron chi connectivity index (χ3n) is 4.55. The zero-order valence-electron chi connectivity index (χ0n) is 13.4. The SMILES string of the molecule is Cl.NCC1(C(=O)NCC(O)c2cc3ccccc3s2)CCOCC1. The molecule has 1 atom stereocenters. The van der Waals surface area contributed by atoms with E-state index in [9.17, 15) is 9.90 Å². The Kier molecular flexibility index (Phi) is 6.60. The van der Waals surface area contributed by atoms with E-state index in [4.69, 9.17) is 10.5 Å². The molecule has 0 aliphatic carbocycles. The van der Waals surface area contributed by atoms with E-state index in [1.54, 1.807) is 11.3 Å². The zero-order valence-corrected chi connectivity index (χ0v) is 15.0. The van der Waals surface area contributed by atoms with Crippen molar-refractivity contribution in [2.45, 2.75) is 18.9 Å². The Balaban J connectivity index is 0.00000208. The Morgan fingerprint density at radius 3 is 2.75 bits per heavy atom. The largest absolute Gasteiger partial charge is 0.386 e. The molecule has 2 heterocycles. The molecule has 3 rings (SSSR count). The van der Waals surface area contributed by atoms with Gasteiger partial charge in [0.05, 0.1) is 5.41 Å². The molecule has 5 nitrogen and oxygen atoms in total. The van der Waals surface area contributed by atoms with Crippen LogP contribution in [0, 0.1) is 5.41 Å². The molecule has 24 heavy (non-hydrogen) atoms. The summed E-state index contributed by atoms with van der Waals surface area (Å²) in [5.41, 5.74) is 5.27. The molecule has 1 aromatic heterocycles. The first-order valence-electron chi connectivity index (χ1n) is 7.87. The number of rotatable bonds is 5. The number of aliphatic hydroxyl groups is 1. The minimum Gasteiger partial charge on any atom is -0.386 e. The van der Waals surface area contributed by atoms with Gasteiger partial charge in [-0.2, -0.15) is 0 Å². The average Bonchev–Trinajstić information content (AvgIpc) is 3.04. The molecule has 132 valence electrons. The van der Waals surface area contributed by atoms with E-state index in [0.29, 0.717) is 32.6 Å². The van der Waals surface area contributed by atoms with Crippen LogP contribution in [0.4, 0.5) is 0 Å². The van der Waals surface area contributed by atoms with Gasteiger partial charge in [-0.1, -0.05) is 18.2 Å². The fourth-order valence-electron chi connectivity index (χ4n) is 2.93. The number of nitrogens with two attached hydrogens (primary N) is 1. The molecule has 0 saturated carbocycles. The Hall–Kier alpha value is -1.18. The lowest BCUT2D eigenvalue weighted by atomic mass is 9.79. The molecule has 1 aromatic carbocycles. The van der Waals surface area contributed by atoms with E-state index in [0.717, 1.165) is 15.0 Å². The lowest BCUT2D eigenvalue weighted by Crippen LogP contribution is -2.49. The molecule has 1 saturated heterocycles. The van der Waals surface area contributed by atoms with Crippen LogP contribution >= 0.6 is 23.7 Å². The maximum atomic E-state index is 12.5. The van der Waals surface area contributed by atoms with E-state index in [-0.39, 0.29) is 24.9 Å². The monoisotopic (exact) mass is 370 g/mol. The average molecular weight is 371 g/mol. The normalized spacial score (nSPS) is 17.9. The quantitative estimate of drug-likeness (QED) is 0.753. The summed E-state index contributed by atoms with van der Waals surface area (Å²) in [5.74, 6) is -0.0801. The highest BCUT2D eigenvalue weighted by molar-refractivity contribution is 7.19. The van der Waals surface area contributed by atoms with Crippen LogP contribution in [0.3, 0.4) is 0 Å². The van der Waals surface area contributed by atoms with Crippen molar-refractivity contribution in [3.05, 3.63) is 35.2 Å². The highest BCUT2D eigenvalue weighted by Crippen LogP contribution is 2.31. The molecule has 0 spiro atoms. The Bertz CT molecular complexity index is 652. The Morgan fingerprint density at radius 1 is 1.38 bits per heavy atom. The van der Waals surface area contributed by atoms with Gasteiger partial charge in [0.15, 0.2) is 0 Å². The van der Waals surface area contributed by atoms with Crippen LogP contribution in [0.1, 0.15) is 23.8 Å². The molecule has 7 heteroatoms. The first-order valence-corrected chi connectivity index (χ1v) is 8.69. The van der Waals surface area contributed by atoms with Crippen LogP contribution in [0.2, 0.25) is 0 Å². The maximum Gasteiger partial charge on any atom is 0.227 e. The smallest absolute Gasteiger partial charge is 0.227 e. The van der Waals surface area contributed by atoms with Crippen molar-refractivity contribution in [1.29, 1.82) is 0 Å². The molecular formula is C17H23ClN2O3S. The molecule has 0 radical (unpaired) electrons. The van der Waals surface area contributed by atoms with Crippen molar-refractivity contribution in [2.75, 3.05) is 26.3 Å². The van der Waals surface area contributed by atoms with E-state index < -0.39 is 11.5 Å². The molecule has 4 N–H and O–H groups in total. The van der Waals surface area contributed by atoms with E-state index in [2.05, 4.69) is 5.32 Å². The molecule has 0 bridgehead atoms. The van der Waals surface area contributed by atoms with Crippen LogP contribution < -0.4 is 11.1 Å². The maximum absolute atomic E-state index is 12.5. The Morgan fingerprint density at radius 2 is 2.08 bits per heavy atom. The highest BCUT2D eigenvalue weighted by atomic mass is 35.5. The number of carbonyl (C=O) groups is 1. The van der Waals surface area contributed by atoms with Gasteiger partial charge in [0.1, 0.15) is 6.10 Å². The number of ether oxygens (including phenoxy) is 1. The van der Waals surface area contributed by atoms with Crippen molar-refractivity contribution in [1.82, 2.24) is 5.32 Å². The topological polar surface area (TPSA) is 84.6 Å². The summed E-state index contributed by atoms with van der Waals surface area (Å²) in [5, 5.41) is 14.3. The second-order valence-electron chi connectivity index (χ2n) is 6.01. The number of fused-ring (bicyclic) bond motifs is 1. The van der Waals surface area contributed by atoms with Gasteiger partial charge in [0.2, 0.25) is 5.91 Å². The third kappa shape index (κ3) is 3.90. The highest BCUT2D eigenvalue weighted by Gasteiger charge is 2.38. The van der Waals surface area contributed by atoms with Gasteiger partial charge in [0.25, 0.3) is 0 Å². The third-order valence-corrected chi connectivity index (χ3v) is 5.77. The second-order valence-corrected chi connectivity index (χ2v) is 7.12. The first kappa shape index (κ1) is 19.1. The van der Waals surface area contributed by atoms with Crippen LogP contribution in [0.5, 0.6) is 0 Å². The summed E-state index contributed by atoms with van der Waals surface area (Å²) >= 11 is 1.55. The van der Waals surface area contributed by atoms with Gasteiger partial charge in [-0.05, 0) is 30.4 Å². The Labute approximate surface area is 151 Å². The number of aliphatic hydroxyl groups excluding tert-OH is 1. The van der Waals surface area contributed by atoms with Crippen molar-refractivity contribution >= 4 is 39.7 Å². The standard InChI is InChI=1S/C17H22N2O3S.ClH/c18-11-17(5-7-22-8-6-17)16(21)19-10-13(20)15-9-12-3-1-2-4-14(12)23-15;/h1-4,9,13,20H,5-8,10-11,18H2,(H,19,21);1H. The predicted molar refractivity (Wildman–Crippen MR) is 98.6 cm³/mol. The fourth-order valence-corrected chi connectivity index (χ4v) is 3.98. The number of hydrogen-bond donors (Lipinski definition) is 3. The number of carbonyl (C=O) groups excluding carboxylic acids is 1. The van der Waals surface area contributed by atoms with E-state index in [1.165, 1.54) is 0 Å². The minimum atomic E-state index is -0.703. The summed E-state index contributed by atoms with van der Waals surface area (Å²) in [7, 11) is 0. The van der Waals surface area contributed by atoms with Crippen molar-refractivity contribution in [3.8, 4) is 0 Å². The minimum absolute atomic E-state index is 0. The van der Waals surface area contributed by atoms with Gasteiger partial charge in [-0.15, -0.1) is 23.7 Å². The number of benzene rings is 1. The van der Waals surface area contributed by atoms with Gasteiger partial charge in [-0.3, -0.25) is 4.79 Å². The van der Waals surface area contributed by atoms with Gasteiger partial charge < -0.3 is 20.9 Å². The van der Waals surface area contributed by atoms with Gasteiger partial charge in [0, 0.05) is 35.9 Å². The lowest BCUT2D eigenvalue weighted by Gasteiger charge is -2.34. The summed E-state index contributed by atoms with van der Waals surface area (Å²) in [4.78, 5) is 13.4. The van der Waals surface area contributed by atoms with Crippen molar-refractivity contribution < 1.29 is 14.6 Å². The van der Waals surface area contributed by atoms with Gasteiger partial charge >= 0.3 is 0 Å². The molecule has 2 aromatic rings. The second kappa shape index (κ2) is 8.27. The summed E-state index contributed by atoms with van der Waals surface area (Å²) in [6.45, 7) is 1.63. The predicted octanol–water partition coefficient (Wildman–Crippen LogP) is 2.23. The van der Waals surface area contributed by atoms with E-state index >= 15 is 0 Å². The number of amides is 1. The van der Waals surface area contributed by atoms with Crippen molar-refractivity contribution in [3.63, 3.8) is 0 Å².